The molecule has 2 aliphatic rings. The van der Waals surface area contributed by atoms with Gasteiger partial charge in [0.2, 0.25) is 0 Å². The van der Waals surface area contributed by atoms with E-state index in [-0.39, 0.29) is 0 Å². The Morgan fingerprint density at radius 1 is 1.19 bits per heavy atom. The van der Waals surface area contributed by atoms with Crippen molar-refractivity contribution < 1.29 is 0 Å². The van der Waals surface area contributed by atoms with Crippen molar-refractivity contribution >= 4 is 0 Å². The molecule has 0 aliphatic heterocycles. The van der Waals surface area contributed by atoms with Crippen LogP contribution < -0.4 is 5.32 Å². The Kier molecular flexibility index (Phi) is 4.88. The van der Waals surface area contributed by atoms with Gasteiger partial charge in [0, 0.05) is 12.5 Å². The Hall–Kier alpha value is -0.970. The lowest BCUT2D eigenvalue weighted by Crippen LogP contribution is -2.35. The van der Waals surface area contributed by atoms with Gasteiger partial charge >= 0.3 is 0 Å². The molecule has 2 fully saturated rings. The van der Waals surface area contributed by atoms with Gasteiger partial charge in [-0.25, -0.2) is 0 Å². The molecule has 0 bridgehead atoms. The third kappa shape index (κ3) is 4.25. The molecule has 2 aliphatic carbocycles. The van der Waals surface area contributed by atoms with Gasteiger partial charge in [-0.2, -0.15) is 4.80 Å². The van der Waals surface area contributed by atoms with Gasteiger partial charge in [0.1, 0.15) is 0 Å². The molecule has 5 nitrogen and oxygen atoms in total. The third-order valence-electron chi connectivity index (χ3n) is 5.19. The normalized spacial score (nSPS) is 29.7. The van der Waals surface area contributed by atoms with E-state index in [1.54, 1.807) is 4.80 Å². The highest BCUT2D eigenvalue weighted by molar-refractivity contribution is 4.90. The lowest BCUT2D eigenvalue weighted by Gasteiger charge is -2.36. The van der Waals surface area contributed by atoms with Gasteiger partial charge in [-0.05, 0) is 55.2 Å². The first-order valence-corrected chi connectivity index (χ1v) is 8.70. The van der Waals surface area contributed by atoms with Crippen LogP contribution in [0.3, 0.4) is 0 Å². The van der Waals surface area contributed by atoms with Crippen molar-refractivity contribution in [1.82, 2.24) is 25.5 Å². The zero-order valence-electron chi connectivity index (χ0n) is 13.5. The molecule has 3 rings (SSSR count). The molecular weight excluding hydrogens is 262 g/mol. The minimum Gasteiger partial charge on any atom is -0.314 e. The minimum atomic E-state index is 0.728. The molecule has 118 valence electrons. The molecule has 0 radical (unpaired) electrons. The molecule has 5 heteroatoms. The molecule has 3 atom stereocenters. The van der Waals surface area contributed by atoms with Crippen molar-refractivity contribution in [2.45, 2.75) is 64.3 Å². The molecule has 2 saturated carbocycles. The van der Waals surface area contributed by atoms with Crippen molar-refractivity contribution in [1.29, 1.82) is 0 Å². The summed E-state index contributed by atoms with van der Waals surface area (Å²) in [6.45, 7) is 3.49. The molecule has 0 amide bonds. The largest absolute Gasteiger partial charge is 0.314 e. The number of rotatable bonds is 7. The Morgan fingerprint density at radius 3 is 2.71 bits per heavy atom. The van der Waals surface area contributed by atoms with Crippen LogP contribution in [0, 0.1) is 17.8 Å². The zero-order chi connectivity index (χ0) is 14.7. The van der Waals surface area contributed by atoms with Gasteiger partial charge < -0.3 is 5.32 Å². The summed E-state index contributed by atoms with van der Waals surface area (Å²) >= 11 is 0. The summed E-state index contributed by atoms with van der Waals surface area (Å²) in [4.78, 5) is 1.58. The third-order valence-corrected chi connectivity index (χ3v) is 5.19. The van der Waals surface area contributed by atoms with Gasteiger partial charge in [0.05, 0.1) is 7.05 Å². The second-order valence-electron chi connectivity index (χ2n) is 7.07. The number of tetrazole rings is 1. The maximum absolute atomic E-state index is 4.39. The summed E-state index contributed by atoms with van der Waals surface area (Å²) in [6.07, 6.45) is 10.6. The van der Waals surface area contributed by atoms with Crippen LogP contribution >= 0.6 is 0 Å². The molecule has 0 aromatic carbocycles. The van der Waals surface area contributed by atoms with E-state index in [0.717, 1.165) is 36.0 Å². The highest BCUT2D eigenvalue weighted by atomic mass is 15.6. The lowest BCUT2D eigenvalue weighted by atomic mass is 9.71. The fourth-order valence-electron chi connectivity index (χ4n) is 3.86. The zero-order valence-corrected chi connectivity index (χ0v) is 13.5. The molecule has 1 heterocycles. The standard InChI is InChI=1S/C16H29N5/c1-3-4-12-5-6-13(11-17-15-7-8-15)14(9-12)10-16-18-20-21(2)19-16/h12-15,17H,3-11H2,1-2H3. The van der Waals surface area contributed by atoms with Crippen molar-refractivity contribution in [2.24, 2.45) is 24.8 Å². The maximum Gasteiger partial charge on any atom is 0.175 e. The minimum absolute atomic E-state index is 0.728. The fraction of sp³-hybridized carbons (Fsp3) is 0.938. The molecular formula is C16H29N5. The first-order valence-electron chi connectivity index (χ1n) is 8.70. The van der Waals surface area contributed by atoms with Crippen LogP contribution in [-0.4, -0.2) is 32.8 Å². The molecule has 1 aromatic heterocycles. The maximum atomic E-state index is 4.39. The number of hydrogen-bond donors (Lipinski definition) is 1. The molecule has 21 heavy (non-hydrogen) atoms. The van der Waals surface area contributed by atoms with Crippen LogP contribution in [0.1, 0.15) is 57.7 Å². The highest BCUT2D eigenvalue weighted by Gasteiger charge is 2.32. The van der Waals surface area contributed by atoms with E-state index in [4.69, 9.17) is 0 Å². The highest BCUT2D eigenvalue weighted by Crippen LogP contribution is 2.37. The summed E-state index contributed by atoms with van der Waals surface area (Å²) < 4.78 is 0. The smallest absolute Gasteiger partial charge is 0.175 e. The van der Waals surface area contributed by atoms with Gasteiger partial charge in [0.15, 0.2) is 5.82 Å². The van der Waals surface area contributed by atoms with E-state index >= 15 is 0 Å². The first-order chi connectivity index (χ1) is 10.2. The van der Waals surface area contributed by atoms with Crippen LogP contribution in [0.4, 0.5) is 0 Å². The van der Waals surface area contributed by atoms with Crippen LogP contribution in [0.15, 0.2) is 0 Å². The second kappa shape index (κ2) is 6.86. The van der Waals surface area contributed by atoms with Gasteiger partial charge in [0.25, 0.3) is 0 Å². The van der Waals surface area contributed by atoms with Crippen LogP contribution in [-0.2, 0) is 13.5 Å². The predicted molar refractivity (Wildman–Crippen MR) is 82.8 cm³/mol. The summed E-state index contributed by atoms with van der Waals surface area (Å²) in [6, 6.07) is 0.814. The Labute approximate surface area is 127 Å². The Morgan fingerprint density at radius 2 is 2.05 bits per heavy atom. The topological polar surface area (TPSA) is 55.6 Å². The van der Waals surface area contributed by atoms with E-state index in [0.29, 0.717) is 0 Å². The summed E-state index contributed by atoms with van der Waals surface area (Å²) in [7, 11) is 1.85. The Balaban J connectivity index is 1.59. The van der Waals surface area contributed by atoms with Crippen molar-refractivity contribution in [3.63, 3.8) is 0 Å². The molecule has 0 saturated heterocycles. The van der Waals surface area contributed by atoms with Crippen LogP contribution in [0.5, 0.6) is 0 Å². The fourth-order valence-corrected chi connectivity index (χ4v) is 3.86. The van der Waals surface area contributed by atoms with E-state index in [2.05, 4.69) is 27.7 Å². The van der Waals surface area contributed by atoms with Crippen LogP contribution in [0.2, 0.25) is 0 Å². The number of nitrogens with zero attached hydrogens (tertiary/aromatic N) is 4. The quantitative estimate of drug-likeness (QED) is 0.838. The average Bonchev–Trinajstić information content (AvgIpc) is 3.21. The lowest BCUT2D eigenvalue weighted by molar-refractivity contribution is 0.165. The van der Waals surface area contributed by atoms with Crippen LogP contribution in [0.25, 0.3) is 0 Å². The van der Waals surface area contributed by atoms with Gasteiger partial charge in [-0.3, -0.25) is 0 Å². The van der Waals surface area contributed by atoms with E-state index in [1.165, 1.54) is 51.5 Å². The molecule has 1 N–H and O–H groups in total. The monoisotopic (exact) mass is 291 g/mol. The second-order valence-corrected chi connectivity index (χ2v) is 7.07. The summed E-state index contributed by atoms with van der Waals surface area (Å²) in [5.41, 5.74) is 0. The van der Waals surface area contributed by atoms with Crippen molar-refractivity contribution in [3.05, 3.63) is 5.82 Å². The molecule has 1 aromatic rings. The van der Waals surface area contributed by atoms with E-state index in [9.17, 15) is 0 Å². The first kappa shape index (κ1) is 14.9. The van der Waals surface area contributed by atoms with E-state index in [1.807, 2.05) is 7.05 Å². The number of nitrogens with one attached hydrogen (secondary N) is 1. The van der Waals surface area contributed by atoms with Gasteiger partial charge in [-0.1, -0.05) is 26.2 Å². The number of hydrogen-bond acceptors (Lipinski definition) is 4. The average molecular weight is 291 g/mol. The predicted octanol–water partition coefficient (Wildman–Crippen LogP) is 2.34. The Bertz CT molecular complexity index is 440. The number of aromatic nitrogens is 4. The molecule has 3 unspecified atom stereocenters. The summed E-state index contributed by atoms with van der Waals surface area (Å²) in [5.74, 6) is 3.36. The van der Waals surface area contributed by atoms with E-state index < -0.39 is 0 Å². The summed E-state index contributed by atoms with van der Waals surface area (Å²) in [5, 5.41) is 16.3. The number of aryl methyl sites for hydroxylation is 1. The van der Waals surface area contributed by atoms with Crippen molar-refractivity contribution in [3.8, 4) is 0 Å². The van der Waals surface area contributed by atoms with Crippen molar-refractivity contribution in [2.75, 3.05) is 6.54 Å². The molecule has 0 spiro atoms. The SMILES string of the molecule is CCCC1CCC(CNC2CC2)C(Cc2nnn(C)n2)C1. The van der Waals surface area contributed by atoms with Gasteiger partial charge in [-0.15, -0.1) is 10.2 Å².